The maximum Gasteiger partial charge on any atom is 0.225 e. The fourth-order valence-electron chi connectivity index (χ4n) is 5.42. The van der Waals surface area contributed by atoms with Crippen molar-refractivity contribution in [2.24, 2.45) is 5.92 Å². The summed E-state index contributed by atoms with van der Waals surface area (Å²) in [7, 11) is 0. The highest BCUT2D eigenvalue weighted by Crippen LogP contribution is 2.45. The first-order valence-electron chi connectivity index (χ1n) is 10.4. The fraction of sp³-hybridized carbons (Fsp3) is 0.682. The lowest BCUT2D eigenvalue weighted by atomic mass is 9.67. The fourth-order valence-corrected chi connectivity index (χ4v) is 5.42. The molecule has 2 saturated carbocycles. The maximum absolute atomic E-state index is 12.8. The number of rotatable bonds is 3. The Morgan fingerprint density at radius 2 is 1.56 bits per heavy atom. The average Bonchev–Trinajstić information content (AvgIpc) is 3.36. The van der Waals surface area contributed by atoms with E-state index in [0.29, 0.717) is 23.3 Å². The minimum absolute atomic E-state index is 0.292. The number of nitrogens with one attached hydrogen (secondary N) is 1. The number of nitrogens with zero attached hydrogens (tertiary/aromatic N) is 1. The second kappa shape index (κ2) is 6.12. The molecule has 0 unspecified atom stereocenters. The first-order chi connectivity index (χ1) is 12.2. The molecule has 2 aliphatic carbocycles. The third-order valence-electron chi connectivity index (χ3n) is 7.22. The van der Waals surface area contributed by atoms with Gasteiger partial charge in [-0.1, -0.05) is 24.3 Å². The molecule has 4 aliphatic rings. The Bertz CT molecular complexity index is 626. The molecule has 2 saturated heterocycles. The molecule has 0 radical (unpaired) electrons. The maximum atomic E-state index is 12.8. The van der Waals surface area contributed by atoms with Crippen LogP contribution in [-0.2, 0) is 4.79 Å². The number of piperidine rings is 1. The smallest absolute Gasteiger partial charge is 0.225 e. The second-order valence-corrected chi connectivity index (χ2v) is 8.96. The van der Waals surface area contributed by atoms with Crippen LogP contribution in [0.1, 0.15) is 74.3 Å². The lowest BCUT2D eigenvalue weighted by Gasteiger charge is -2.47. The van der Waals surface area contributed by atoms with Gasteiger partial charge in [-0.2, -0.15) is 0 Å². The molecule has 0 bridgehead atoms. The molecule has 1 N–H and O–H groups in total. The van der Waals surface area contributed by atoms with Gasteiger partial charge in [-0.25, -0.2) is 0 Å². The molecule has 0 atom stereocenters. The van der Waals surface area contributed by atoms with Gasteiger partial charge in [0.25, 0.3) is 0 Å². The Morgan fingerprint density at radius 3 is 2.08 bits per heavy atom. The van der Waals surface area contributed by atoms with Crippen molar-refractivity contribution in [2.75, 3.05) is 19.6 Å². The molecule has 25 heavy (non-hydrogen) atoms. The van der Waals surface area contributed by atoms with Gasteiger partial charge in [0, 0.05) is 24.5 Å². The highest BCUT2D eigenvalue weighted by atomic mass is 16.2. The van der Waals surface area contributed by atoms with E-state index in [2.05, 4.69) is 34.5 Å². The largest absolute Gasteiger partial charge is 0.342 e. The van der Waals surface area contributed by atoms with E-state index in [4.69, 9.17) is 0 Å². The SMILES string of the molecule is O=C(C1CC2(CCCN2)C1)N1CCC(c2ccc(C3CC3)cc2)CC1. The van der Waals surface area contributed by atoms with Gasteiger partial charge in [0.2, 0.25) is 5.91 Å². The zero-order valence-corrected chi connectivity index (χ0v) is 15.2. The third-order valence-corrected chi connectivity index (χ3v) is 7.22. The summed E-state index contributed by atoms with van der Waals surface area (Å²) < 4.78 is 0. The van der Waals surface area contributed by atoms with Crippen molar-refractivity contribution < 1.29 is 4.79 Å². The summed E-state index contributed by atoms with van der Waals surface area (Å²) in [6, 6.07) is 9.37. The van der Waals surface area contributed by atoms with Crippen molar-refractivity contribution in [1.29, 1.82) is 0 Å². The van der Waals surface area contributed by atoms with Crippen LogP contribution < -0.4 is 5.32 Å². The number of amides is 1. The van der Waals surface area contributed by atoms with Crippen LogP contribution in [0.25, 0.3) is 0 Å². The van der Waals surface area contributed by atoms with Crippen LogP contribution in [0.2, 0.25) is 0 Å². The topological polar surface area (TPSA) is 32.3 Å². The Labute approximate surface area is 151 Å². The lowest BCUT2D eigenvalue weighted by Crippen LogP contribution is -2.56. The van der Waals surface area contributed by atoms with Gasteiger partial charge in [-0.15, -0.1) is 0 Å². The van der Waals surface area contributed by atoms with Gasteiger partial charge in [0.05, 0.1) is 0 Å². The molecule has 1 amide bonds. The van der Waals surface area contributed by atoms with Gasteiger partial charge < -0.3 is 10.2 Å². The van der Waals surface area contributed by atoms with Crippen LogP contribution in [0.15, 0.2) is 24.3 Å². The van der Waals surface area contributed by atoms with E-state index < -0.39 is 0 Å². The summed E-state index contributed by atoms with van der Waals surface area (Å²) in [6.07, 6.45) is 9.72. The first kappa shape index (κ1) is 15.9. The number of hydrogen-bond donors (Lipinski definition) is 1. The van der Waals surface area contributed by atoms with E-state index in [-0.39, 0.29) is 0 Å². The average molecular weight is 338 g/mol. The standard InChI is InChI=1S/C22H30N2O/c25-21(20-14-22(15-20)10-1-11-23-22)24-12-8-19(9-13-24)18-6-4-17(5-7-18)16-2-3-16/h4-7,16,19-20,23H,1-3,8-15H2. The molecular weight excluding hydrogens is 308 g/mol. The van der Waals surface area contributed by atoms with Crippen molar-refractivity contribution in [1.82, 2.24) is 10.2 Å². The molecule has 1 spiro atoms. The third kappa shape index (κ3) is 3.01. The predicted molar refractivity (Wildman–Crippen MR) is 99.7 cm³/mol. The van der Waals surface area contributed by atoms with Gasteiger partial charge in [0.15, 0.2) is 0 Å². The van der Waals surface area contributed by atoms with Gasteiger partial charge in [-0.05, 0) is 80.9 Å². The molecule has 2 aliphatic heterocycles. The van der Waals surface area contributed by atoms with Crippen LogP contribution in [0.5, 0.6) is 0 Å². The second-order valence-electron chi connectivity index (χ2n) is 8.96. The molecule has 3 nitrogen and oxygen atoms in total. The van der Waals surface area contributed by atoms with Crippen molar-refractivity contribution >= 4 is 5.91 Å². The molecule has 3 heteroatoms. The molecule has 1 aromatic rings. The highest BCUT2D eigenvalue weighted by molar-refractivity contribution is 5.80. The molecule has 5 rings (SSSR count). The Kier molecular flexibility index (Phi) is 3.89. The summed E-state index contributed by atoms with van der Waals surface area (Å²) in [5.41, 5.74) is 3.34. The van der Waals surface area contributed by atoms with Crippen LogP contribution in [-0.4, -0.2) is 36.0 Å². The van der Waals surface area contributed by atoms with Crippen LogP contribution >= 0.6 is 0 Å². The first-order valence-corrected chi connectivity index (χ1v) is 10.4. The number of carbonyl (C=O) groups excluding carboxylic acids is 1. The normalized spacial score (nSPS) is 32.8. The Morgan fingerprint density at radius 1 is 0.960 bits per heavy atom. The number of carbonyl (C=O) groups is 1. The molecule has 1 aromatic carbocycles. The van der Waals surface area contributed by atoms with Crippen molar-refractivity contribution in [2.45, 2.75) is 68.7 Å². The van der Waals surface area contributed by atoms with E-state index >= 15 is 0 Å². The minimum Gasteiger partial charge on any atom is -0.342 e. The monoisotopic (exact) mass is 338 g/mol. The van der Waals surface area contributed by atoms with E-state index in [1.54, 1.807) is 0 Å². The number of hydrogen-bond acceptors (Lipinski definition) is 2. The van der Waals surface area contributed by atoms with Crippen LogP contribution in [0.3, 0.4) is 0 Å². The van der Waals surface area contributed by atoms with E-state index in [9.17, 15) is 4.79 Å². The van der Waals surface area contributed by atoms with E-state index in [0.717, 1.165) is 51.2 Å². The van der Waals surface area contributed by atoms with Crippen molar-refractivity contribution in [3.63, 3.8) is 0 Å². The van der Waals surface area contributed by atoms with Crippen molar-refractivity contribution in [3.8, 4) is 0 Å². The molecule has 134 valence electrons. The lowest BCUT2D eigenvalue weighted by molar-refractivity contribution is -0.142. The van der Waals surface area contributed by atoms with E-state index in [1.165, 1.54) is 36.8 Å². The zero-order valence-electron chi connectivity index (χ0n) is 15.2. The van der Waals surface area contributed by atoms with E-state index in [1.807, 2.05) is 0 Å². The molecular formula is C22H30N2O. The minimum atomic E-state index is 0.292. The summed E-state index contributed by atoms with van der Waals surface area (Å²) in [5, 5.41) is 3.63. The number of benzene rings is 1. The molecule has 4 fully saturated rings. The quantitative estimate of drug-likeness (QED) is 0.909. The summed E-state index contributed by atoms with van der Waals surface area (Å²) in [6.45, 7) is 3.04. The summed E-state index contributed by atoms with van der Waals surface area (Å²) in [4.78, 5) is 14.9. The van der Waals surface area contributed by atoms with Gasteiger partial charge in [-0.3, -0.25) is 4.79 Å². The predicted octanol–water partition coefficient (Wildman–Crippen LogP) is 3.80. The number of likely N-dealkylation sites (tertiary alicyclic amines) is 1. The van der Waals surface area contributed by atoms with Crippen molar-refractivity contribution in [3.05, 3.63) is 35.4 Å². The summed E-state index contributed by atoms with van der Waals surface area (Å²) >= 11 is 0. The Balaban J connectivity index is 1.14. The van der Waals surface area contributed by atoms with Crippen LogP contribution in [0, 0.1) is 5.92 Å². The molecule has 0 aromatic heterocycles. The van der Waals surface area contributed by atoms with Gasteiger partial charge in [0.1, 0.15) is 0 Å². The summed E-state index contributed by atoms with van der Waals surface area (Å²) in [5.74, 6) is 2.21. The van der Waals surface area contributed by atoms with Gasteiger partial charge >= 0.3 is 0 Å². The van der Waals surface area contributed by atoms with Crippen LogP contribution in [0.4, 0.5) is 0 Å². The molecule has 2 heterocycles. The Hall–Kier alpha value is -1.35. The highest BCUT2D eigenvalue weighted by Gasteiger charge is 2.49. The zero-order chi connectivity index (χ0) is 16.9.